The molecule has 0 fully saturated rings. The van der Waals surface area contributed by atoms with Crippen LogP contribution in [0.15, 0.2) is 35.9 Å². The van der Waals surface area contributed by atoms with Gasteiger partial charge in [0.05, 0.1) is 34.1 Å². The van der Waals surface area contributed by atoms with Crippen LogP contribution >= 0.6 is 0 Å². The van der Waals surface area contributed by atoms with Crippen LogP contribution in [0.2, 0.25) is 0 Å². The molecule has 0 aromatic heterocycles. The second kappa shape index (κ2) is 8.98. The zero-order valence-electron chi connectivity index (χ0n) is 16.3. The van der Waals surface area contributed by atoms with Gasteiger partial charge in [0.25, 0.3) is 0 Å². The maximum Gasteiger partial charge on any atom is 0.203 e. The number of anilines is 1. The smallest absolute Gasteiger partial charge is 0.203 e. The molecule has 2 N–H and O–H groups in total. The van der Waals surface area contributed by atoms with Crippen LogP contribution in [0.1, 0.15) is 29.3 Å². The Morgan fingerprint density at radius 2 is 1.59 bits per heavy atom. The van der Waals surface area contributed by atoms with Gasteiger partial charge in [-0.3, -0.25) is 4.79 Å². The van der Waals surface area contributed by atoms with Gasteiger partial charge in [-0.2, -0.15) is 0 Å². The van der Waals surface area contributed by atoms with Crippen LogP contribution in [0.25, 0.3) is 6.08 Å². The Bertz CT molecular complexity index is 858. The number of methoxy groups -OCH3 is 4. The van der Waals surface area contributed by atoms with Crippen LogP contribution in [-0.4, -0.2) is 34.2 Å². The average molecular weight is 371 g/mol. The molecule has 0 heterocycles. The predicted molar refractivity (Wildman–Crippen MR) is 106 cm³/mol. The third-order valence-electron chi connectivity index (χ3n) is 4.23. The Hall–Kier alpha value is -3.15. The van der Waals surface area contributed by atoms with Crippen LogP contribution in [0.3, 0.4) is 0 Å². The van der Waals surface area contributed by atoms with Gasteiger partial charge in [-0.1, -0.05) is 6.92 Å². The van der Waals surface area contributed by atoms with Crippen molar-refractivity contribution >= 4 is 17.5 Å². The van der Waals surface area contributed by atoms with Gasteiger partial charge in [0, 0.05) is 16.7 Å². The molecule has 0 unspecified atom stereocenters. The van der Waals surface area contributed by atoms with E-state index in [-0.39, 0.29) is 5.78 Å². The third kappa shape index (κ3) is 4.16. The van der Waals surface area contributed by atoms with Gasteiger partial charge >= 0.3 is 0 Å². The first kappa shape index (κ1) is 20.2. The minimum absolute atomic E-state index is 0.104. The number of rotatable bonds is 8. The second-order valence-corrected chi connectivity index (χ2v) is 5.73. The van der Waals surface area contributed by atoms with E-state index in [9.17, 15) is 4.79 Å². The number of ketones is 1. The molecule has 0 saturated carbocycles. The molecule has 0 amide bonds. The summed E-state index contributed by atoms with van der Waals surface area (Å²) in [6.07, 6.45) is 2.34. The topological polar surface area (TPSA) is 80.0 Å². The van der Waals surface area contributed by atoms with Gasteiger partial charge in [0.2, 0.25) is 5.75 Å². The number of hydrogen-bond acceptors (Lipinski definition) is 6. The number of carbonyl (C=O) groups excluding carboxylic acids is 1. The number of ether oxygens (including phenoxy) is 4. The lowest BCUT2D eigenvalue weighted by atomic mass is 9.98. The average Bonchev–Trinajstić information content (AvgIpc) is 2.70. The van der Waals surface area contributed by atoms with Gasteiger partial charge in [-0.15, -0.1) is 0 Å². The quantitative estimate of drug-likeness (QED) is 0.429. The summed E-state index contributed by atoms with van der Waals surface area (Å²) in [5, 5.41) is 0. The Kier molecular flexibility index (Phi) is 6.71. The molecule has 27 heavy (non-hydrogen) atoms. The van der Waals surface area contributed by atoms with E-state index in [4.69, 9.17) is 24.7 Å². The number of Topliss-reactive ketones (excluding diaryl/α,β-unsaturated/α-hetero) is 1. The van der Waals surface area contributed by atoms with E-state index in [0.29, 0.717) is 46.2 Å². The van der Waals surface area contributed by atoms with Crippen molar-refractivity contribution in [2.45, 2.75) is 13.3 Å². The van der Waals surface area contributed by atoms with E-state index >= 15 is 0 Å². The standard InChI is InChI=1S/C21H25NO5/c1-6-13(19(23)14-7-9-16(22)18(12-14)25-3)11-15-8-10-17(24-2)21(27-5)20(15)26-4/h7-12H,6,22H2,1-5H3/b13-11+. The molecule has 2 aromatic rings. The summed E-state index contributed by atoms with van der Waals surface area (Å²) >= 11 is 0. The molecule has 144 valence electrons. The number of nitrogen functional groups attached to an aromatic ring is 1. The molecule has 2 aromatic carbocycles. The normalized spacial score (nSPS) is 11.1. The Balaban J connectivity index is 2.51. The number of benzene rings is 2. The molecule has 0 radical (unpaired) electrons. The number of carbonyl (C=O) groups is 1. The Labute approximate surface area is 159 Å². The van der Waals surface area contributed by atoms with Crippen molar-refractivity contribution in [1.29, 1.82) is 0 Å². The predicted octanol–water partition coefficient (Wildman–Crippen LogP) is 3.98. The molecular weight excluding hydrogens is 346 g/mol. The maximum absolute atomic E-state index is 13.0. The maximum atomic E-state index is 13.0. The first-order valence-electron chi connectivity index (χ1n) is 8.48. The highest BCUT2D eigenvalue weighted by molar-refractivity contribution is 6.11. The van der Waals surface area contributed by atoms with Crippen LogP contribution in [-0.2, 0) is 0 Å². The molecule has 2 rings (SSSR count). The molecule has 0 aliphatic carbocycles. The van der Waals surface area contributed by atoms with E-state index in [2.05, 4.69) is 0 Å². The molecule has 6 heteroatoms. The second-order valence-electron chi connectivity index (χ2n) is 5.73. The number of nitrogens with two attached hydrogens (primary N) is 1. The highest BCUT2D eigenvalue weighted by Crippen LogP contribution is 2.41. The van der Waals surface area contributed by atoms with E-state index in [1.165, 1.54) is 7.11 Å². The third-order valence-corrected chi connectivity index (χ3v) is 4.23. The summed E-state index contributed by atoms with van der Waals surface area (Å²) in [6.45, 7) is 1.92. The summed E-state index contributed by atoms with van der Waals surface area (Å²) in [5.41, 5.74) is 8.17. The van der Waals surface area contributed by atoms with E-state index in [1.807, 2.05) is 13.0 Å². The largest absolute Gasteiger partial charge is 0.495 e. The molecule has 0 bridgehead atoms. The minimum atomic E-state index is -0.104. The number of allylic oxidation sites excluding steroid dienone is 1. The fourth-order valence-corrected chi connectivity index (χ4v) is 2.79. The lowest BCUT2D eigenvalue weighted by Gasteiger charge is -2.15. The number of hydrogen-bond donors (Lipinski definition) is 1. The fraction of sp³-hybridized carbons (Fsp3) is 0.286. The zero-order chi connectivity index (χ0) is 20.0. The van der Waals surface area contributed by atoms with Gasteiger partial charge in [-0.05, 0) is 42.8 Å². The van der Waals surface area contributed by atoms with Gasteiger partial charge in [0.15, 0.2) is 17.3 Å². The first-order chi connectivity index (χ1) is 13.0. The molecule has 0 atom stereocenters. The van der Waals surface area contributed by atoms with Crippen molar-refractivity contribution in [1.82, 2.24) is 0 Å². The molecular formula is C21H25NO5. The molecule has 0 spiro atoms. The van der Waals surface area contributed by atoms with Crippen molar-refractivity contribution in [3.05, 3.63) is 47.0 Å². The van der Waals surface area contributed by atoms with Crippen LogP contribution in [0.4, 0.5) is 5.69 Å². The van der Waals surface area contributed by atoms with Crippen molar-refractivity contribution in [2.75, 3.05) is 34.2 Å². The van der Waals surface area contributed by atoms with Crippen LogP contribution in [0.5, 0.6) is 23.0 Å². The minimum Gasteiger partial charge on any atom is -0.495 e. The molecule has 0 saturated heterocycles. The summed E-state index contributed by atoms with van der Waals surface area (Å²) in [4.78, 5) is 13.0. The van der Waals surface area contributed by atoms with Crippen molar-refractivity contribution in [3.63, 3.8) is 0 Å². The van der Waals surface area contributed by atoms with E-state index < -0.39 is 0 Å². The first-order valence-corrected chi connectivity index (χ1v) is 8.48. The Morgan fingerprint density at radius 3 is 2.15 bits per heavy atom. The lowest BCUT2D eigenvalue weighted by Crippen LogP contribution is -2.05. The van der Waals surface area contributed by atoms with Crippen molar-refractivity contribution in [2.24, 2.45) is 0 Å². The van der Waals surface area contributed by atoms with Gasteiger partial charge < -0.3 is 24.7 Å². The summed E-state index contributed by atoms with van der Waals surface area (Å²) in [7, 11) is 6.17. The highest BCUT2D eigenvalue weighted by atomic mass is 16.5. The fourth-order valence-electron chi connectivity index (χ4n) is 2.79. The van der Waals surface area contributed by atoms with Crippen molar-refractivity contribution < 1.29 is 23.7 Å². The van der Waals surface area contributed by atoms with Crippen molar-refractivity contribution in [3.8, 4) is 23.0 Å². The summed E-state index contributed by atoms with van der Waals surface area (Å²) in [6, 6.07) is 8.60. The lowest BCUT2D eigenvalue weighted by molar-refractivity contribution is 0.103. The van der Waals surface area contributed by atoms with Crippen LogP contribution in [0, 0.1) is 0 Å². The molecule has 0 aliphatic heterocycles. The molecule has 6 nitrogen and oxygen atoms in total. The van der Waals surface area contributed by atoms with E-state index in [1.54, 1.807) is 51.7 Å². The highest BCUT2D eigenvalue weighted by Gasteiger charge is 2.18. The van der Waals surface area contributed by atoms with Crippen LogP contribution < -0.4 is 24.7 Å². The Morgan fingerprint density at radius 1 is 0.926 bits per heavy atom. The summed E-state index contributed by atoms with van der Waals surface area (Å²) < 4.78 is 21.4. The zero-order valence-corrected chi connectivity index (χ0v) is 16.3. The van der Waals surface area contributed by atoms with Gasteiger partial charge in [-0.25, -0.2) is 0 Å². The monoisotopic (exact) mass is 371 g/mol. The molecule has 0 aliphatic rings. The van der Waals surface area contributed by atoms with Gasteiger partial charge in [0.1, 0.15) is 5.75 Å². The SMILES string of the molecule is CC/C(=C\c1ccc(OC)c(OC)c1OC)C(=O)c1ccc(N)c(OC)c1. The summed E-state index contributed by atoms with van der Waals surface area (Å²) in [5.74, 6) is 1.91. The van der Waals surface area contributed by atoms with E-state index in [0.717, 1.165) is 5.56 Å².